The maximum atomic E-state index is 7.34. The summed E-state index contributed by atoms with van der Waals surface area (Å²) in [6.07, 6.45) is 0.549. The molecule has 0 aliphatic carbocycles. The van der Waals surface area contributed by atoms with Crippen molar-refractivity contribution in [3.63, 3.8) is 0 Å². The van der Waals surface area contributed by atoms with Crippen LogP contribution >= 0.6 is 16.8 Å². The minimum Gasteiger partial charge on any atom is -0.497 e. The molecule has 300 valence electrons. The summed E-state index contributed by atoms with van der Waals surface area (Å²) in [5, 5.41) is 1.03. The van der Waals surface area contributed by atoms with Gasteiger partial charge in [-0.3, -0.25) is 0 Å². The number of methoxy groups -OCH3 is 2. The first-order valence-corrected chi connectivity index (χ1v) is 22.3. The Morgan fingerprint density at radius 1 is 0.509 bits per heavy atom. The van der Waals surface area contributed by atoms with E-state index in [0.717, 1.165) is 84.3 Å². The molecule has 2 unspecified atom stereocenters. The molecular formula is C49H58O6P2. The zero-order chi connectivity index (χ0) is 41.2. The van der Waals surface area contributed by atoms with Gasteiger partial charge in [0.25, 0.3) is 8.38 Å². The average molecular weight is 805 g/mol. The second kappa shape index (κ2) is 14.9. The normalized spacial score (nSPS) is 16.4. The van der Waals surface area contributed by atoms with Crippen LogP contribution < -0.4 is 32.9 Å². The zero-order valence-electron chi connectivity index (χ0n) is 36.1. The van der Waals surface area contributed by atoms with Crippen LogP contribution in [0.5, 0.6) is 34.5 Å². The Morgan fingerprint density at radius 3 is 1.70 bits per heavy atom. The van der Waals surface area contributed by atoms with E-state index in [1.54, 1.807) is 14.2 Å². The molecule has 6 nitrogen and oxygen atoms in total. The van der Waals surface area contributed by atoms with Gasteiger partial charge in [0.05, 0.1) is 25.7 Å². The highest BCUT2D eigenvalue weighted by Gasteiger charge is 2.38. The lowest BCUT2D eigenvalue weighted by Crippen LogP contribution is -2.20. The van der Waals surface area contributed by atoms with E-state index in [1.165, 1.54) is 5.56 Å². The van der Waals surface area contributed by atoms with E-state index >= 15 is 0 Å². The molecule has 5 aromatic rings. The monoisotopic (exact) mass is 804 g/mol. The average Bonchev–Trinajstić information content (AvgIpc) is 3.55. The van der Waals surface area contributed by atoms with Crippen LogP contribution in [-0.4, -0.2) is 14.2 Å². The number of hydrogen-bond donors (Lipinski definition) is 0. The van der Waals surface area contributed by atoms with Crippen molar-refractivity contribution >= 4 is 22.1 Å². The van der Waals surface area contributed by atoms with Crippen molar-refractivity contribution in [1.82, 2.24) is 0 Å². The van der Waals surface area contributed by atoms with Crippen LogP contribution in [0.3, 0.4) is 0 Å². The van der Waals surface area contributed by atoms with Gasteiger partial charge >= 0.3 is 8.38 Å². The van der Waals surface area contributed by atoms with Crippen LogP contribution in [0.1, 0.15) is 111 Å². The third-order valence-electron chi connectivity index (χ3n) is 10.7. The van der Waals surface area contributed by atoms with E-state index in [4.69, 9.17) is 27.6 Å². The van der Waals surface area contributed by atoms with E-state index in [-0.39, 0.29) is 21.7 Å². The largest absolute Gasteiger partial charge is 0.497 e. The summed E-state index contributed by atoms with van der Waals surface area (Å²) in [4.78, 5) is 0. The summed E-state index contributed by atoms with van der Waals surface area (Å²) >= 11 is 0. The summed E-state index contributed by atoms with van der Waals surface area (Å²) in [6.45, 7) is 26.8. The quantitative estimate of drug-likeness (QED) is 0.153. The van der Waals surface area contributed by atoms with E-state index in [1.807, 2.05) is 12.1 Å². The summed E-state index contributed by atoms with van der Waals surface area (Å²) < 4.78 is 40.1. The van der Waals surface area contributed by atoms with Crippen LogP contribution in [0, 0.1) is 0 Å². The molecule has 0 N–H and O–H groups in total. The Kier molecular flexibility index (Phi) is 10.7. The minimum atomic E-state index is -1.58. The molecule has 2 heterocycles. The summed E-state index contributed by atoms with van der Waals surface area (Å²) in [5.41, 5.74) is 9.00. The summed E-state index contributed by atoms with van der Waals surface area (Å²) in [5.74, 6) is 4.75. The van der Waals surface area contributed by atoms with Crippen LogP contribution in [0.2, 0.25) is 0 Å². The molecule has 57 heavy (non-hydrogen) atoms. The fraction of sp³-hybridized carbons (Fsp3) is 0.388. The van der Waals surface area contributed by atoms with Crippen LogP contribution in [0.15, 0.2) is 84.9 Å². The fourth-order valence-corrected chi connectivity index (χ4v) is 10.6. The van der Waals surface area contributed by atoms with Gasteiger partial charge < -0.3 is 27.6 Å². The highest BCUT2D eigenvalue weighted by Crippen LogP contribution is 2.60. The molecule has 0 radical (unpaired) electrons. The molecule has 0 fully saturated rings. The van der Waals surface area contributed by atoms with Crippen molar-refractivity contribution in [3.05, 3.63) is 113 Å². The van der Waals surface area contributed by atoms with Gasteiger partial charge in [0.1, 0.15) is 23.0 Å². The van der Waals surface area contributed by atoms with Crippen molar-refractivity contribution in [2.45, 2.75) is 111 Å². The molecule has 0 saturated carbocycles. The van der Waals surface area contributed by atoms with Crippen molar-refractivity contribution in [3.8, 4) is 56.8 Å². The third-order valence-corrected chi connectivity index (χ3v) is 13.6. The van der Waals surface area contributed by atoms with Crippen molar-refractivity contribution in [2.24, 2.45) is 0 Å². The lowest BCUT2D eigenvalue weighted by atomic mass is 9.79. The predicted octanol–water partition coefficient (Wildman–Crippen LogP) is 13.9. The third kappa shape index (κ3) is 8.10. The number of ether oxygens (including phenoxy) is 2. The molecule has 2 aliphatic heterocycles. The summed E-state index contributed by atoms with van der Waals surface area (Å²) in [6, 6.07) is 29.6. The SMILES string of the molecule is COc1cc(-c2cc(OC)cc(C(C)(C)C)c2OP2Oc3ccccc3-c3ccccc32)c(CP2Oc3cc(C(C)(C)C)cc(C(C)(C)C)c3O2)c(C(C)(C)C)c1. The van der Waals surface area contributed by atoms with Gasteiger partial charge in [-0.1, -0.05) is 126 Å². The highest BCUT2D eigenvalue weighted by molar-refractivity contribution is 7.57. The molecule has 0 bridgehead atoms. The standard InChI is InChI=1S/C49H58O6P2/c1-46(2,3)30-23-39(48(7,8)9)45-42(24-30)52-56(54-45)29-37-35(25-31(50-13)27-38(37)47(4,5)6)36-26-32(51-14)28-40(49(10,11)12)44(36)55-57-43-22-18-16-20-34(43)33-19-15-17-21-41(33)53-57/h15-28H,29H2,1-14H3. The summed E-state index contributed by atoms with van der Waals surface area (Å²) in [7, 11) is 0.468. The van der Waals surface area contributed by atoms with Crippen molar-refractivity contribution < 1.29 is 27.6 Å². The van der Waals surface area contributed by atoms with Crippen LogP contribution in [0.4, 0.5) is 0 Å². The van der Waals surface area contributed by atoms with Gasteiger partial charge in [-0.2, -0.15) is 0 Å². The highest BCUT2D eigenvalue weighted by atomic mass is 31.2. The van der Waals surface area contributed by atoms with E-state index in [0.29, 0.717) is 6.16 Å². The molecule has 0 spiro atoms. The number of hydrogen-bond acceptors (Lipinski definition) is 6. The molecule has 2 atom stereocenters. The van der Waals surface area contributed by atoms with Gasteiger partial charge in [0.15, 0.2) is 11.5 Å². The van der Waals surface area contributed by atoms with E-state index in [2.05, 4.69) is 156 Å². The van der Waals surface area contributed by atoms with Crippen LogP contribution in [-0.2, 0) is 27.8 Å². The van der Waals surface area contributed by atoms with Gasteiger partial charge in [-0.25, -0.2) is 0 Å². The van der Waals surface area contributed by atoms with Crippen molar-refractivity contribution in [2.75, 3.05) is 14.2 Å². The first-order valence-electron chi connectivity index (χ1n) is 19.8. The number of rotatable bonds is 7. The van der Waals surface area contributed by atoms with Gasteiger partial charge in [-0.05, 0) is 91.9 Å². The molecule has 5 aromatic carbocycles. The maximum Gasteiger partial charge on any atom is 0.326 e. The van der Waals surface area contributed by atoms with E-state index in [9.17, 15) is 0 Å². The molecular weight excluding hydrogens is 746 g/mol. The first kappa shape index (κ1) is 40.9. The van der Waals surface area contributed by atoms with E-state index < -0.39 is 16.8 Å². The Balaban J connectivity index is 1.43. The molecule has 0 amide bonds. The molecule has 0 aromatic heterocycles. The van der Waals surface area contributed by atoms with Crippen molar-refractivity contribution in [1.29, 1.82) is 0 Å². The van der Waals surface area contributed by atoms with Gasteiger partial charge in [0.2, 0.25) is 0 Å². The Hall–Kier alpha value is -4.24. The fourth-order valence-electron chi connectivity index (χ4n) is 7.52. The predicted molar refractivity (Wildman–Crippen MR) is 238 cm³/mol. The van der Waals surface area contributed by atoms with Gasteiger partial charge in [-0.15, -0.1) is 0 Å². The minimum absolute atomic E-state index is 0.0496. The lowest BCUT2D eigenvalue weighted by molar-refractivity contribution is 0.410. The molecule has 0 saturated heterocycles. The number of para-hydroxylation sites is 1. The topological polar surface area (TPSA) is 55.4 Å². The Bertz CT molecular complexity index is 2320. The van der Waals surface area contributed by atoms with Gasteiger partial charge in [0, 0.05) is 22.3 Å². The Labute approximate surface area is 343 Å². The second-order valence-electron chi connectivity index (χ2n) is 19.2. The molecule has 7 rings (SSSR count). The number of fused-ring (bicyclic) bond motifs is 4. The maximum absolute atomic E-state index is 7.34. The Morgan fingerprint density at radius 2 is 1.09 bits per heavy atom. The first-order chi connectivity index (χ1) is 26.7. The smallest absolute Gasteiger partial charge is 0.326 e. The zero-order valence-corrected chi connectivity index (χ0v) is 37.9. The lowest BCUT2D eigenvalue weighted by Gasteiger charge is -2.32. The molecule has 8 heteroatoms. The molecule has 2 aliphatic rings. The number of benzene rings is 5. The van der Waals surface area contributed by atoms with Crippen LogP contribution in [0.25, 0.3) is 22.3 Å². The second-order valence-corrected chi connectivity index (χ2v) is 21.9.